The van der Waals surface area contributed by atoms with Crippen LogP contribution in [0.3, 0.4) is 0 Å². The number of rotatable bonds is 7. The van der Waals surface area contributed by atoms with Crippen molar-refractivity contribution in [3.05, 3.63) is 229 Å². The fourth-order valence-electron chi connectivity index (χ4n) is 9.37. The van der Waals surface area contributed by atoms with E-state index in [1.807, 2.05) is 0 Å². The van der Waals surface area contributed by atoms with E-state index in [1.54, 1.807) is 0 Å². The van der Waals surface area contributed by atoms with Crippen molar-refractivity contribution in [2.75, 3.05) is 4.90 Å². The summed E-state index contributed by atoms with van der Waals surface area (Å²) in [6.07, 6.45) is 20.3. The summed E-state index contributed by atoms with van der Waals surface area (Å²) >= 11 is 0. The van der Waals surface area contributed by atoms with Crippen molar-refractivity contribution in [3.63, 3.8) is 0 Å². The maximum Gasteiger partial charge on any atom is 0.137 e. The highest BCUT2D eigenvalue weighted by Gasteiger charge is 2.36. The number of nitrogens with zero attached hydrogens (tertiary/aromatic N) is 1. The molecule has 0 fully saturated rings. The van der Waals surface area contributed by atoms with E-state index in [-0.39, 0.29) is 11.8 Å². The van der Waals surface area contributed by atoms with Gasteiger partial charge in [-0.2, -0.15) is 0 Å². The van der Waals surface area contributed by atoms with Crippen LogP contribution in [0.5, 0.6) is 0 Å². The Bertz CT molecular complexity index is 3000. The summed E-state index contributed by atoms with van der Waals surface area (Å²) in [6, 6.07) is 59.6. The molecule has 0 N–H and O–H groups in total. The summed E-state index contributed by atoms with van der Waals surface area (Å²) in [6.45, 7) is 0. The van der Waals surface area contributed by atoms with E-state index < -0.39 is 0 Å². The van der Waals surface area contributed by atoms with Crippen LogP contribution in [0.4, 0.5) is 17.1 Å². The third-order valence-electron chi connectivity index (χ3n) is 12.1. The first-order valence-corrected chi connectivity index (χ1v) is 20.4. The Labute approximate surface area is 339 Å². The molecule has 2 heteroatoms. The second-order valence-electron chi connectivity index (χ2n) is 15.5. The van der Waals surface area contributed by atoms with Crippen molar-refractivity contribution < 1.29 is 4.42 Å². The minimum atomic E-state index is 0.0711. The fraction of sp³-hybridized carbons (Fsp3) is 0.0714. The van der Waals surface area contributed by atoms with Gasteiger partial charge in [-0.3, -0.25) is 0 Å². The largest absolute Gasteiger partial charge is 0.460 e. The van der Waals surface area contributed by atoms with Crippen LogP contribution >= 0.6 is 0 Å². The molecule has 1 heterocycles. The van der Waals surface area contributed by atoms with Gasteiger partial charge in [0.25, 0.3) is 0 Å². The lowest BCUT2D eigenvalue weighted by Crippen LogP contribution is -2.17. The zero-order chi connectivity index (χ0) is 38.4. The van der Waals surface area contributed by atoms with E-state index in [0.717, 1.165) is 52.2 Å². The van der Waals surface area contributed by atoms with Gasteiger partial charge in [0.05, 0.1) is 16.8 Å². The number of benzene rings is 7. The van der Waals surface area contributed by atoms with Crippen LogP contribution in [-0.4, -0.2) is 0 Å². The van der Waals surface area contributed by atoms with E-state index in [2.05, 4.69) is 217 Å². The third-order valence-corrected chi connectivity index (χ3v) is 12.1. The van der Waals surface area contributed by atoms with Gasteiger partial charge in [0, 0.05) is 28.5 Å². The average Bonchev–Trinajstić information content (AvgIpc) is 3.69. The van der Waals surface area contributed by atoms with E-state index in [4.69, 9.17) is 4.42 Å². The number of allylic oxidation sites excluding steroid dienone is 9. The van der Waals surface area contributed by atoms with Crippen molar-refractivity contribution >= 4 is 56.0 Å². The first-order valence-electron chi connectivity index (χ1n) is 20.4. The molecule has 0 saturated heterocycles. The lowest BCUT2D eigenvalue weighted by molar-refractivity contribution is 0.496. The van der Waals surface area contributed by atoms with Gasteiger partial charge in [-0.25, -0.2) is 0 Å². The Morgan fingerprint density at radius 2 is 1.24 bits per heavy atom. The van der Waals surface area contributed by atoms with Gasteiger partial charge < -0.3 is 9.32 Å². The first-order chi connectivity index (χ1) is 28.8. The van der Waals surface area contributed by atoms with Gasteiger partial charge in [0.1, 0.15) is 11.3 Å². The average molecular weight is 744 g/mol. The molecule has 276 valence electrons. The topological polar surface area (TPSA) is 16.4 Å². The minimum absolute atomic E-state index is 0.0711. The van der Waals surface area contributed by atoms with Crippen LogP contribution in [0.1, 0.15) is 41.2 Å². The molecule has 7 aromatic carbocycles. The SMILES string of the molecule is C1=CCCC(c2ccc(-c3cccc(N(c4cccc5ccccc45)c4cccc5oc6c(c45)C=C(c4ccccc4-c4ccccc4)[C@@H]4C=CC=CC64)c3)cc2)=C1. The van der Waals surface area contributed by atoms with Gasteiger partial charge in [-0.15, -0.1) is 0 Å². The second kappa shape index (κ2) is 14.4. The van der Waals surface area contributed by atoms with Crippen LogP contribution < -0.4 is 4.90 Å². The minimum Gasteiger partial charge on any atom is -0.460 e. The first kappa shape index (κ1) is 34.1. The molecule has 0 spiro atoms. The molecule has 58 heavy (non-hydrogen) atoms. The van der Waals surface area contributed by atoms with E-state index in [9.17, 15) is 0 Å². The normalized spacial score (nSPS) is 16.8. The number of furan rings is 1. The molecule has 0 radical (unpaired) electrons. The lowest BCUT2D eigenvalue weighted by Gasteiger charge is -2.31. The summed E-state index contributed by atoms with van der Waals surface area (Å²) in [4.78, 5) is 2.45. The van der Waals surface area contributed by atoms with Crippen LogP contribution in [0.15, 0.2) is 211 Å². The predicted octanol–water partition coefficient (Wildman–Crippen LogP) is 15.5. The Hall–Kier alpha value is -7.16. The molecule has 8 aromatic rings. The molecule has 2 nitrogen and oxygen atoms in total. The highest BCUT2D eigenvalue weighted by atomic mass is 16.3. The maximum atomic E-state index is 7.00. The number of hydrogen-bond donors (Lipinski definition) is 0. The highest BCUT2D eigenvalue weighted by Crippen LogP contribution is 2.53. The quantitative estimate of drug-likeness (QED) is 0.162. The molecule has 0 bridgehead atoms. The summed E-state index contributed by atoms with van der Waals surface area (Å²) in [5.74, 6) is 1.24. The van der Waals surface area contributed by atoms with E-state index in [0.29, 0.717) is 0 Å². The summed E-state index contributed by atoms with van der Waals surface area (Å²) in [5.41, 5.74) is 15.4. The molecule has 0 amide bonds. The number of anilines is 3. The standard InChI is InChI=1S/C56H41NO/c1-3-16-38(17-4-1)39-32-34-40(35-33-39)43-22-13-23-44(36-43)57(52-29-14-21-42-20-7-8-25-46(42)52)53-30-15-31-54-55(53)51-37-50(48-27-11-12-28-49(48)56(51)58-54)47-26-10-9-24-45(47)41-18-5-2-6-19-41/h1-3,5-16,18-37,48-49H,4,17H2/t48-,49?/m1/s1. The Morgan fingerprint density at radius 1 is 0.534 bits per heavy atom. The molecule has 0 saturated carbocycles. The van der Waals surface area contributed by atoms with Gasteiger partial charge in [0.15, 0.2) is 0 Å². The number of hydrogen-bond acceptors (Lipinski definition) is 2. The predicted molar refractivity (Wildman–Crippen MR) is 244 cm³/mol. The third kappa shape index (κ3) is 5.88. The zero-order valence-corrected chi connectivity index (χ0v) is 32.1. The number of fused-ring (bicyclic) bond motifs is 6. The molecule has 1 unspecified atom stereocenters. The molecule has 0 aliphatic heterocycles. The van der Waals surface area contributed by atoms with E-state index in [1.165, 1.54) is 55.3 Å². The molecule has 1 aromatic heterocycles. The van der Waals surface area contributed by atoms with Crippen molar-refractivity contribution in [1.82, 2.24) is 0 Å². The lowest BCUT2D eigenvalue weighted by atomic mass is 9.72. The smallest absolute Gasteiger partial charge is 0.137 e. The zero-order valence-electron chi connectivity index (χ0n) is 32.1. The van der Waals surface area contributed by atoms with Crippen LogP contribution in [0, 0.1) is 5.92 Å². The van der Waals surface area contributed by atoms with Crippen molar-refractivity contribution in [2.45, 2.75) is 18.8 Å². The molecular weight excluding hydrogens is 703 g/mol. The monoisotopic (exact) mass is 743 g/mol. The van der Waals surface area contributed by atoms with Gasteiger partial charge in [0.2, 0.25) is 0 Å². The molecule has 11 rings (SSSR count). The van der Waals surface area contributed by atoms with Crippen LogP contribution in [0.25, 0.3) is 61.2 Å². The molecular formula is C56H41NO. The Kier molecular flexibility index (Phi) is 8.47. The van der Waals surface area contributed by atoms with Crippen molar-refractivity contribution in [1.29, 1.82) is 0 Å². The summed E-state index contributed by atoms with van der Waals surface area (Å²) in [7, 11) is 0. The van der Waals surface area contributed by atoms with Crippen LogP contribution in [-0.2, 0) is 0 Å². The van der Waals surface area contributed by atoms with Gasteiger partial charge in [-0.1, -0.05) is 176 Å². The Balaban J connectivity index is 1.12. The molecule has 2 atom stereocenters. The van der Waals surface area contributed by atoms with Gasteiger partial charge >= 0.3 is 0 Å². The molecule has 3 aliphatic rings. The van der Waals surface area contributed by atoms with Gasteiger partial charge in [-0.05, 0) is 99.2 Å². The van der Waals surface area contributed by atoms with Crippen molar-refractivity contribution in [2.24, 2.45) is 5.92 Å². The van der Waals surface area contributed by atoms with E-state index >= 15 is 0 Å². The Morgan fingerprint density at radius 3 is 2.10 bits per heavy atom. The maximum absolute atomic E-state index is 7.00. The second-order valence-corrected chi connectivity index (χ2v) is 15.5. The van der Waals surface area contributed by atoms with Crippen molar-refractivity contribution in [3.8, 4) is 22.3 Å². The fourth-order valence-corrected chi connectivity index (χ4v) is 9.37. The molecule has 3 aliphatic carbocycles. The summed E-state index contributed by atoms with van der Waals surface area (Å²) < 4.78 is 7.00. The van der Waals surface area contributed by atoms with Crippen LogP contribution in [0.2, 0.25) is 0 Å². The summed E-state index contributed by atoms with van der Waals surface area (Å²) in [5, 5.41) is 3.51. The highest BCUT2D eigenvalue weighted by molar-refractivity contribution is 6.09.